The molecule has 5 heteroatoms. The standard InChI is InChI=1S/C34H39FO4/c1-21-8-13-30(35)26(17-21)25-12-9-22(18-27(25)31(38-5)33(2,3)4)20-39-24-11-10-23-7-6-15-34(29(23)19-24)16-14-28(34)32(36)37/h8-13,17-19,28,31H,6-7,14-16,20H2,1-5H3,(H,36,37)/t28-,31+,34-/m1/s1. The zero-order valence-electron chi connectivity index (χ0n) is 23.6. The Kier molecular flexibility index (Phi) is 7.32. The zero-order valence-corrected chi connectivity index (χ0v) is 23.6. The molecule has 0 unspecified atom stereocenters. The summed E-state index contributed by atoms with van der Waals surface area (Å²) < 4.78 is 27.2. The summed E-state index contributed by atoms with van der Waals surface area (Å²) in [6.07, 6.45) is 4.35. The molecule has 2 aliphatic rings. The molecule has 0 saturated heterocycles. The van der Waals surface area contributed by atoms with Crippen LogP contribution in [-0.4, -0.2) is 18.2 Å². The van der Waals surface area contributed by atoms with Crippen LogP contribution in [0.4, 0.5) is 4.39 Å². The molecule has 2 aliphatic carbocycles. The number of hydrogen-bond donors (Lipinski definition) is 1. The number of aliphatic carboxylic acids is 1. The molecule has 1 fully saturated rings. The van der Waals surface area contributed by atoms with Gasteiger partial charge in [0.2, 0.25) is 0 Å². The highest BCUT2D eigenvalue weighted by Crippen LogP contribution is 2.55. The van der Waals surface area contributed by atoms with E-state index in [-0.39, 0.29) is 28.7 Å². The Morgan fingerprint density at radius 3 is 2.54 bits per heavy atom. The second kappa shape index (κ2) is 10.4. The van der Waals surface area contributed by atoms with Crippen molar-refractivity contribution in [1.82, 2.24) is 0 Å². The van der Waals surface area contributed by atoms with Crippen LogP contribution in [0.2, 0.25) is 0 Å². The molecule has 1 saturated carbocycles. The van der Waals surface area contributed by atoms with Gasteiger partial charge < -0.3 is 14.6 Å². The van der Waals surface area contributed by atoms with Crippen molar-refractivity contribution < 1.29 is 23.8 Å². The van der Waals surface area contributed by atoms with Gasteiger partial charge in [-0.05, 0) is 103 Å². The van der Waals surface area contributed by atoms with E-state index in [1.807, 2.05) is 31.2 Å². The number of carboxylic acid groups (broad SMARTS) is 1. The van der Waals surface area contributed by atoms with Gasteiger partial charge in [0.05, 0.1) is 12.0 Å². The number of aryl methyl sites for hydroxylation is 2. The van der Waals surface area contributed by atoms with Gasteiger partial charge in [-0.25, -0.2) is 4.39 Å². The summed E-state index contributed by atoms with van der Waals surface area (Å²) >= 11 is 0. The van der Waals surface area contributed by atoms with Crippen molar-refractivity contribution in [2.75, 3.05) is 7.11 Å². The predicted octanol–water partition coefficient (Wildman–Crippen LogP) is 8.18. The average Bonchev–Trinajstić information content (AvgIpc) is 2.87. The van der Waals surface area contributed by atoms with Crippen LogP contribution in [0.5, 0.6) is 5.75 Å². The Morgan fingerprint density at radius 2 is 1.87 bits per heavy atom. The van der Waals surface area contributed by atoms with Gasteiger partial charge in [0.1, 0.15) is 18.2 Å². The molecule has 206 valence electrons. The van der Waals surface area contributed by atoms with Crippen LogP contribution in [0.1, 0.15) is 80.4 Å². The van der Waals surface area contributed by atoms with Crippen LogP contribution in [-0.2, 0) is 28.0 Å². The zero-order chi connectivity index (χ0) is 27.9. The van der Waals surface area contributed by atoms with Crippen LogP contribution >= 0.6 is 0 Å². The van der Waals surface area contributed by atoms with Crippen LogP contribution in [0.15, 0.2) is 54.6 Å². The maximum atomic E-state index is 15.0. The van der Waals surface area contributed by atoms with E-state index < -0.39 is 5.97 Å². The molecule has 0 bridgehead atoms. The summed E-state index contributed by atoms with van der Waals surface area (Å²) in [6, 6.07) is 17.4. The van der Waals surface area contributed by atoms with Crippen molar-refractivity contribution in [1.29, 1.82) is 0 Å². The van der Waals surface area contributed by atoms with Gasteiger partial charge in [-0.1, -0.05) is 50.6 Å². The van der Waals surface area contributed by atoms with E-state index in [1.54, 1.807) is 13.2 Å². The summed E-state index contributed by atoms with van der Waals surface area (Å²) in [4.78, 5) is 11.9. The fourth-order valence-corrected chi connectivity index (χ4v) is 6.80. The minimum atomic E-state index is -0.690. The summed E-state index contributed by atoms with van der Waals surface area (Å²) in [5.74, 6) is -0.509. The summed E-state index contributed by atoms with van der Waals surface area (Å²) in [7, 11) is 1.70. The molecule has 1 N–H and O–H groups in total. The van der Waals surface area contributed by atoms with Crippen molar-refractivity contribution in [3.63, 3.8) is 0 Å². The Bertz CT molecular complexity index is 1390. The second-order valence-electron chi connectivity index (χ2n) is 12.4. The Morgan fingerprint density at radius 1 is 1.08 bits per heavy atom. The van der Waals surface area contributed by atoms with Gasteiger partial charge in [-0.3, -0.25) is 4.79 Å². The molecule has 0 radical (unpaired) electrons. The minimum Gasteiger partial charge on any atom is -0.489 e. The number of halogens is 1. The maximum absolute atomic E-state index is 15.0. The van der Waals surface area contributed by atoms with E-state index in [2.05, 4.69) is 39.0 Å². The monoisotopic (exact) mass is 530 g/mol. The third kappa shape index (κ3) is 5.09. The normalized spacial score (nSPS) is 21.2. The quantitative estimate of drug-likeness (QED) is 0.335. The number of rotatable bonds is 7. The Labute approximate surface area is 231 Å². The molecule has 0 aliphatic heterocycles. The van der Waals surface area contributed by atoms with Gasteiger partial charge in [-0.15, -0.1) is 0 Å². The van der Waals surface area contributed by atoms with E-state index in [0.29, 0.717) is 12.2 Å². The van der Waals surface area contributed by atoms with E-state index in [1.165, 1.54) is 11.6 Å². The third-order valence-corrected chi connectivity index (χ3v) is 8.77. The highest BCUT2D eigenvalue weighted by Gasteiger charge is 2.53. The number of methoxy groups -OCH3 is 1. The van der Waals surface area contributed by atoms with Crippen LogP contribution < -0.4 is 4.74 Å². The van der Waals surface area contributed by atoms with Crippen molar-refractivity contribution >= 4 is 5.97 Å². The molecule has 0 heterocycles. The fraction of sp³-hybridized carbons (Fsp3) is 0.441. The number of benzene rings is 3. The molecule has 3 atom stereocenters. The van der Waals surface area contributed by atoms with Crippen molar-refractivity contribution in [3.8, 4) is 16.9 Å². The molecule has 3 aromatic carbocycles. The molecule has 0 aromatic heterocycles. The lowest BCUT2D eigenvalue weighted by atomic mass is 9.52. The van der Waals surface area contributed by atoms with Crippen molar-refractivity contribution in [3.05, 3.63) is 88.2 Å². The average molecular weight is 531 g/mol. The number of carbonyl (C=O) groups is 1. The van der Waals surface area contributed by atoms with Crippen molar-refractivity contribution in [2.24, 2.45) is 11.3 Å². The molecule has 0 amide bonds. The van der Waals surface area contributed by atoms with E-state index >= 15 is 0 Å². The second-order valence-corrected chi connectivity index (χ2v) is 12.4. The first-order valence-electron chi connectivity index (χ1n) is 13.9. The summed E-state index contributed by atoms with van der Waals surface area (Å²) in [6.45, 7) is 8.67. The van der Waals surface area contributed by atoms with E-state index in [9.17, 15) is 14.3 Å². The molecule has 1 spiro atoms. The molecule has 4 nitrogen and oxygen atoms in total. The molecule has 3 aromatic rings. The van der Waals surface area contributed by atoms with Gasteiger partial charge in [0.15, 0.2) is 0 Å². The smallest absolute Gasteiger partial charge is 0.307 e. The van der Waals surface area contributed by atoms with Crippen molar-refractivity contribution in [2.45, 2.75) is 77.9 Å². The Hall–Kier alpha value is -3.18. The van der Waals surface area contributed by atoms with Crippen LogP contribution in [0.3, 0.4) is 0 Å². The number of ether oxygens (including phenoxy) is 2. The number of hydrogen-bond acceptors (Lipinski definition) is 3. The molecular weight excluding hydrogens is 491 g/mol. The first kappa shape index (κ1) is 27.4. The largest absolute Gasteiger partial charge is 0.489 e. The first-order valence-corrected chi connectivity index (χ1v) is 13.9. The lowest BCUT2D eigenvalue weighted by Gasteiger charge is -2.51. The lowest BCUT2D eigenvalue weighted by Crippen LogP contribution is -2.50. The molecular formula is C34H39FO4. The maximum Gasteiger partial charge on any atom is 0.307 e. The fourth-order valence-electron chi connectivity index (χ4n) is 6.80. The van der Waals surface area contributed by atoms with Crippen LogP contribution in [0, 0.1) is 24.1 Å². The Balaban J connectivity index is 1.46. The highest BCUT2D eigenvalue weighted by molar-refractivity contribution is 5.75. The third-order valence-electron chi connectivity index (χ3n) is 8.77. The van der Waals surface area contributed by atoms with E-state index in [0.717, 1.165) is 65.7 Å². The topological polar surface area (TPSA) is 55.8 Å². The first-order chi connectivity index (χ1) is 18.5. The predicted molar refractivity (Wildman–Crippen MR) is 152 cm³/mol. The van der Waals surface area contributed by atoms with E-state index in [4.69, 9.17) is 9.47 Å². The lowest BCUT2D eigenvalue weighted by molar-refractivity contribution is -0.150. The number of fused-ring (bicyclic) bond motifs is 2. The summed E-state index contributed by atoms with van der Waals surface area (Å²) in [5.41, 5.74) is 6.22. The van der Waals surface area contributed by atoms with Gasteiger partial charge in [-0.2, -0.15) is 0 Å². The van der Waals surface area contributed by atoms with Crippen LogP contribution in [0.25, 0.3) is 11.1 Å². The summed E-state index contributed by atoms with van der Waals surface area (Å²) in [5, 5.41) is 9.82. The molecule has 5 rings (SSSR count). The van der Waals surface area contributed by atoms with Gasteiger partial charge in [0, 0.05) is 18.1 Å². The highest BCUT2D eigenvalue weighted by atomic mass is 19.1. The number of carboxylic acids is 1. The van der Waals surface area contributed by atoms with Gasteiger partial charge >= 0.3 is 5.97 Å². The SMILES string of the molecule is CO[C@@H](c1cc(COc2ccc3c(c2)[C@]2(CCC3)CC[C@@H]2C(=O)O)ccc1-c1cc(C)ccc1F)C(C)(C)C. The minimum absolute atomic E-state index is 0.209. The molecule has 39 heavy (non-hydrogen) atoms. The van der Waals surface area contributed by atoms with Gasteiger partial charge in [0.25, 0.3) is 0 Å².